The smallest absolute Gasteiger partial charge is 0.0652 e. The highest BCUT2D eigenvalue weighted by atomic mass is 32.2. The predicted molar refractivity (Wildman–Crippen MR) is 113 cm³/mol. The molecule has 25 heavy (non-hydrogen) atoms. The average molecular weight is 357 g/mol. The van der Waals surface area contributed by atoms with Crippen LogP contribution in [-0.2, 0) is 0 Å². The van der Waals surface area contributed by atoms with Crippen molar-refractivity contribution >= 4 is 17.3 Å². The van der Waals surface area contributed by atoms with E-state index in [0.717, 1.165) is 17.7 Å². The van der Waals surface area contributed by atoms with E-state index in [4.69, 9.17) is 0 Å². The van der Waals surface area contributed by atoms with Gasteiger partial charge in [-0.15, -0.1) is 0 Å². The van der Waals surface area contributed by atoms with Crippen LogP contribution in [0.4, 0.5) is 0 Å². The monoisotopic (exact) mass is 356 g/mol. The van der Waals surface area contributed by atoms with Crippen molar-refractivity contribution in [3.63, 3.8) is 0 Å². The van der Waals surface area contributed by atoms with Crippen LogP contribution in [0.5, 0.6) is 0 Å². The summed E-state index contributed by atoms with van der Waals surface area (Å²) in [4.78, 5) is 0. The fraction of sp³-hybridized carbons (Fsp3) is 0.500. The standard InChI is InChI=1S/C22H32N2S/c1-6-8-21(22-11-13-23-24-22)18(5)17(4)20(10-9-16(3)7-2)19-12-14-25-15-19/h8-11,13,16,19H,5-7,12,14-15H2,1-4H3,(H,23,24)/b10-9-,20-17+,21-8+. The van der Waals surface area contributed by atoms with Gasteiger partial charge >= 0.3 is 0 Å². The van der Waals surface area contributed by atoms with Crippen LogP contribution >= 0.6 is 11.8 Å². The van der Waals surface area contributed by atoms with Gasteiger partial charge in [0.1, 0.15) is 0 Å². The van der Waals surface area contributed by atoms with E-state index in [0.29, 0.717) is 11.8 Å². The second-order valence-electron chi connectivity index (χ2n) is 6.86. The minimum absolute atomic E-state index is 0.614. The molecule has 0 bridgehead atoms. The van der Waals surface area contributed by atoms with Gasteiger partial charge in [-0.1, -0.05) is 52.0 Å². The average Bonchev–Trinajstić information content (AvgIpc) is 3.32. The van der Waals surface area contributed by atoms with Gasteiger partial charge in [-0.2, -0.15) is 16.9 Å². The first-order valence-electron chi connectivity index (χ1n) is 9.44. The Morgan fingerprint density at radius 2 is 2.28 bits per heavy atom. The van der Waals surface area contributed by atoms with Crippen LogP contribution in [0.25, 0.3) is 5.57 Å². The molecular weight excluding hydrogens is 324 g/mol. The Morgan fingerprint density at radius 3 is 2.84 bits per heavy atom. The summed E-state index contributed by atoms with van der Waals surface area (Å²) in [5.74, 6) is 3.75. The summed E-state index contributed by atoms with van der Waals surface area (Å²) in [7, 11) is 0. The lowest BCUT2D eigenvalue weighted by molar-refractivity contribution is 0.684. The molecule has 2 rings (SSSR count). The molecule has 1 saturated heterocycles. The number of aromatic amines is 1. The molecule has 0 saturated carbocycles. The van der Waals surface area contributed by atoms with Crippen LogP contribution < -0.4 is 0 Å². The highest BCUT2D eigenvalue weighted by Crippen LogP contribution is 2.36. The summed E-state index contributed by atoms with van der Waals surface area (Å²) < 4.78 is 0. The zero-order valence-corrected chi connectivity index (χ0v) is 17.0. The van der Waals surface area contributed by atoms with E-state index in [2.05, 4.69) is 74.5 Å². The van der Waals surface area contributed by atoms with Crippen LogP contribution in [0.15, 0.2) is 53.8 Å². The zero-order valence-electron chi connectivity index (χ0n) is 16.1. The SMILES string of the molecule is C=C(/C(=C\CC)c1ccn[nH]1)/C(C)=C(\C=C/C(C)CC)C1CCSC1. The number of allylic oxidation sites excluding steroid dienone is 7. The molecule has 0 aliphatic carbocycles. The van der Waals surface area contributed by atoms with Gasteiger partial charge in [-0.25, -0.2) is 0 Å². The molecule has 2 atom stereocenters. The Bertz CT molecular complexity index is 644. The summed E-state index contributed by atoms with van der Waals surface area (Å²) in [5, 5.41) is 7.22. The van der Waals surface area contributed by atoms with E-state index in [1.165, 1.54) is 41.1 Å². The highest BCUT2D eigenvalue weighted by molar-refractivity contribution is 7.99. The Hall–Kier alpha value is -1.48. The largest absolute Gasteiger partial charge is 0.278 e. The summed E-state index contributed by atoms with van der Waals surface area (Å²) >= 11 is 2.07. The molecular formula is C22H32N2S. The molecule has 2 heterocycles. The minimum atomic E-state index is 0.614. The molecule has 0 amide bonds. The van der Waals surface area contributed by atoms with E-state index < -0.39 is 0 Å². The molecule has 2 nitrogen and oxygen atoms in total. The van der Waals surface area contributed by atoms with Crippen molar-refractivity contribution < 1.29 is 0 Å². The second kappa shape index (κ2) is 9.86. The first-order valence-corrected chi connectivity index (χ1v) is 10.6. The van der Waals surface area contributed by atoms with E-state index in [9.17, 15) is 0 Å². The van der Waals surface area contributed by atoms with Crippen LogP contribution in [0, 0.1) is 11.8 Å². The summed E-state index contributed by atoms with van der Waals surface area (Å²) in [6.07, 6.45) is 12.2. The van der Waals surface area contributed by atoms with Crippen molar-refractivity contribution in [1.82, 2.24) is 10.2 Å². The van der Waals surface area contributed by atoms with E-state index >= 15 is 0 Å². The summed E-state index contributed by atoms with van der Waals surface area (Å²) in [6, 6.07) is 2.03. The number of nitrogens with one attached hydrogen (secondary N) is 1. The van der Waals surface area contributed by atoms with Gasteiger partial charge in [0, 0.05) is 17.5 Å². The van der Waals surface area contributed by atoms with E-state index in [-0.39, 0.29) is 0 Å². The zero-order chi connectivity index (χ0) is 18.2. The maximum atomic E-state index is 4.45. The molecule has 3 heteroatoms. The van der Waals surface area contributed by atoms with Gasteiger partial charge in [0.2, 0.25) is 0 Å². The molecule has 0 aromatic carbocycles. The fourth-order valence-corrected chi connectivity index (χ4v) is 4.38. The van der Waals surface area contributed by atoms with Crippen molar-refractivity contribution in [3.05, 3.63) is 59.5 Å². The molecule has 0 radical (unpaired) electrons. The number of thioether (sulfide) groups is 1. The maximum Gasteiger partial charge on any atom is 0.0652 e. The predicted octanol–water partition coefficient (Wildman–Crippen LogP) is 6.43. The molecule has 1 aromatic heterocycles. The number of H-pyrrole nitrogens is 1. The minimum Gasteiger partial charge on any atom is -0.278 e. The Kier molecular flexibility index (Phi) is 7.83. The van der Waals surface area contributed by atoms with Gasteiger partial charge in [0.05, 0.1) is 5.69 Å². The van der Waals surface area contributed by atoms with Crippen molar-refractivity contribution in [3.8, 4) is 0 Å². The molecule has 1 aromatic rings. The number of rotatable bonds is 8. The first-order chi connectivity index (χ1) is 12.1. The van der Waals surface area contributed by atoms with E-state index in [1.54, 1.807) is 0 Å². The van der Waals surface area contributed by atoms with E-state index in [1.807, 2.05) is 12.3 Å². The van der Waals surface area contributed by atoms with Crippen molar-refractivity contribution in [2.45, 2.75) is 47.0 Å². The van der Waals surface area contributed by atoms with Crippen molar-refractivity contribution in [2.75, 3.05) is 11.5 Å². The highest BCUT2D eigenvalue weighted by Gasteiger charge is 2.22. The molecule has 0 spiro atoms. The Labute approximate surface area is 157 Å². The summed E-state index contributed by atoms with van der Waals surface area (Å²) in [5.41, 5.74) is 6.14. The Morgan fingerprint density at radius 1 is 1.48 bits per heavy atom. The lowest BCUT2D eigenvalue weighted by Gasteiger charge is -2.19. The second-order valence-corrected chi connectivity index (χ2v) is 8.01. The van der Waals surface area contributed by atoms with Gasteiger partial charge in [-0.05, 0) is 60.1 Å². The van der Waals surface area contributed by atoms with Crippen LogP contribution in [0.2, 0.25) is 0 Å². The van der Waals surface area contributed by atoms with Crippen LogP contribution in [0.1, 0.15) is 52.7 Å². The maximum absolute atomic E-state index is 4.45. The topological polar surface area (TPSA) is 28.7 Å². The number of aromatic nitrogens is 2. The van der Waals surface area contributed by atoms with Crippen molar-refractivity contribution in [1.29, 1.82) is 0 Å². The quantitative estimate of drug-likeness (QED) is 0.544. The van der Waals surface area contributed by atoms with Crippen LogP contribution in [0.3, 0.4) is 0 Å². The number of nitrogens with zero attached hydrogens (tertiary/aromatic N) is 1. The van der Waals surface area contributed by atoms with Gasteiger partial charge < -0.3 is 0 Å². The van der Waals surface area contributed by atoms with Gasteiger partial charge in [0.25, 0.3) is 0 Å². The third-order valence-electron chi connectivity index (χ3n) is 5.03. The lowest BCUT2D eigenvalue weighted by atomic mass is 9.86. The Balaban J connectivity index is 2.39. The van der Waals surface area contributed by atoms with Crippen molar-refractivity contribution in [2.24, 2.45) is 11.8 Å². The third kappa shape index (κ3) is 5.24. The molecule has 1 aliphatic rings. The molecule has 1 fully saturated rings. The fourth-order valence-electron chi connectivity index (χ4n) is 3.13. The molecule has 136 valence electrons. The number of hydrogen-bond donors (Lipinski definition) is 1. The van der Waals surface area contributed by atoms with Gasteiger partial charge in [-0.3, -0.25) is 5.10 Å². The molecule has 1 N–H and O–H groups in total. The third-order valence-corrected chi connectivity index (χ3v) is 6.19. The normalized spacial score (nSPS) is 20.8. The lowest BCUT2D eigenvalue weighted by Crippen LogP contribution is -2.06. The van der Waals surface area contributed by atoms with Crippen LogP contribution in [-0.4, -0.2) is 21.7 Å². The van der Waals surface area contributed by atoms with Gasteiger partial charge in [0.15, 0.2) is 0 Å². The first kappa shape index (κ1) is 19.8. The number of hydrogen-bond acceptors (Lipinski definition) is 2. The molecule has 1 aliphatic heterocycles. The molecule has 2 unspecified atom stereocenters. The summed E-state index contributed by atoms with van der Waals surface area (Å²) in [6.45, 7) is 13.4.